The molecule has 21 heavy (non-hydrogen) atoms. The zero-order chi connectivity index (χ0) is 14.7. The number of benzene rings is 1. The number of thiazole rings is 1. The Bertz CT molecular complexity index is 606. The van der Waals surface area contributed by atoms with E-state index >= 15 is 0 Å². The molecule has 3 rings (SSSR count). The lowest BCUT2D eigenvalue weighted by Crippen LogP contribution is -2.18. The highest BCUT2D eigenvalue weighted by Crippen LogP contribution is 2.24. The average molecular weight is 301 g/mol. The van der Waals surface area contributed by atoms with E-state index in [1.54, 1.807) is 0 Å². The van der Waals surface area contributed by atoms with Crippen LogP contribution < -0.4 is 10.6 Å². The summed E-state index contributed by atoms with van der Waals surface area (Å²) in [6, 6.07) is 7.08. The fourth-order valence-corrected chi connectivity index (χ4v) is 3.57. The van der Waals surface area contributed by atoms with Crippen molar-refractivity contribution in [1.29, 1.82) is 0 Å². The molecule has 1 unspecified atom stereocenters. The minimum Gasteiger partial charge on any atom is -0.385 e. The smallest absolute Gasteiger partial charge is 0.109 e. The van der Waals surface area contributed by atoms with Gasteiger partial charge in [-0.15, -0.1) is 11.3 Å². The number of nitrogens with one attached hydrogen (secondary N) is 2. The zero-order valence-electron chi connectivity index (χ0n) is 12.8. The van der Waals surface area contributed by atoms with Gasteiger partial charge in [0.1, 0.15) is 5.01 Å². The summed E-state index contributed by atoms with van der Waals surface area (Å²) in [5, 5.41) is 8.23. The number of fused-ring (bicyclic) bond motifs is 1. The van der Waals surface area contributed by atoms with Gasteiger partial charge in [-0.2, -0.15) is 0 Å². The fraction of sp³-hybridized carbons (Fsp3) is 0.471. The molecule has 0 fully saturated rings. The fourth-order valence-electron chi connectivity index (χ4n) is 2.68. The molecule has 1 aromatic heterocycles. The number of aromatic nitrogens is 1. The third kappa shape index (κ3) is 3.44. The predicted molar refractivity (Wildman–Crippen MR) is 90.0 cm³/mol. The second-order valence-electron chi connectivity index (χ2n) is 5.64. The lowest BCUT2D eigenvalue weighted by molar-refractivity contribution is 0.571. The van der Waals surface area contributed by atoms with Gasteiger partial charge in [0.15, 0.2) is 0 Å². The number of rotatable bonds is 5. The van der Waals surface area contributed by atoms with E-state index in [0.717, 1.165) is 19.5 Å². The first-order valence-electron chi connectivity index (χ1n) is 7.80. The Hall–Kier alpha value is -1.39. The van der Waals surface area contributed by atoms with Crippen molar-refractivity contribution in [3.05, 3.63) is 45.4 Å². The van der Waals surface area contributed by atoms with E-state index in [1.807, 2.05) is 17.5 Å². The standard InChI is InChI=1S/C17H23N3S/c1-3-15-11-20-17(21-15)12(2)19-10-13-6-7-16-14(9-13)5-4-8-18-16/h6-7,9,11-12,18-19H,3-5,8,10H2,1-2H3. The van der Waals surface area contributed by atoms with Crippen molar-refractivity contribution >= 4 is 17.0 Å². The third-order valence-electron chi connectivity index (χ3n) is 4.01. The highest BCUT2D eigenvalue weighted by molar-refractivity contribution is 7.11. The van der Waals surface area contributed by atoms with Gasteiger partial charge in [0, 0.05) is 29.9 Å². The van der Waals surface area contributed by atoms with Crippen molar-refractivity contribution < 1.29 is 0 Å². The molecule has 0 radical (unpaired) electrons. The predicted octanol–water partition coefficient (Wildman–Crippen LogP) is 3.91. The molecule has 2 aromatic rings. The average Bonchev–Trinajstić information content (AvgIpc) is 3.01. The maximum Gasteiger partial charge on any atom is 0.109 e. The Balaban J connectivity index is 1.61. The molecule has 0 spiro atoms. The molecule has 0 bridgehead atoms. The summed E-state index contributed by atoms with van der Waals surface area (Å²) in [5.74, 6) is 0. The van der Waals surface area contributed by atoms with Gasteiger partial charge in [0.2, 0.25) is 0 Å². The van der Waals surface area contributed by atoms with Crippen LogP contribution in [0, 0.1) is 0 Å². The Morgan fingerprint density at radius 2 is 2.33 bits per heavy atom. The van der Waals surface area contributed by atoms with Crippen LogP contribution in [-0.2, 0) is 19.4 Å². The molecule has 1 aromatic carbocycles. The summed E-state index contributed by atoms with van der Waals surface area (Å²) in [7, 11) is 0. The topological polar surface area (TPSA) is 37.0 Å². The molecule has 1 aliphatic rings. The molecule has 1 aliphatic heterocycles. The Morgan fingerprint density at radius 1 is 1.43 bits per heavy atom. The van der Waals surface area contributed by atoms with Crippen molar-refractivity contribution in [2.24, 2.45) is 0 Å². The molecule has 0 amide bonds. The Morgan fingerprint density at radius 3 is 3.14 bits per heavy atom. The molecule has 1 atom stereocenters. The molecule has 2 heterocycles. The maximum atomic E-state index is 4.52. The van der Waals surface area contributed by atoms with E-state index in [1.165, 1.54) is 39.5 Å². The van der Waals surface area contributed by atoms with Crippen molar-refractivity contribution in [2.45, 2.75) is 45.7 Å². The highest BCUT2D eigenvalue weighted by Gasteiger charge is 2.11. The number of nitrogens with zero attached hydrogens (tertiary/aromatic N) is 1. The van der Waals surface area contributed by atoms with Crippen LogP contribution >= 0.6 is 11.3 Å². The minimum absolute atomic E-state index is 0.310. The Labute approximate surface area is 130 Å². The van der Waals surface area contributed by atoms with Crippen LogP contribution in [0.5, 0.6) is 0 Å². The lowest BCUT2D eigenvalue weighted by atomic mass is 10.0. The van der Waals surface area contributed by atoms with Gasteiger partial charge in [-0.1, -0.05) is 19.1 Å². The summed E-state index contributed by atoms with van der Waals surface area (Å²) in [6.07, 6.45) is 5.50. The molecule has 4 heteroatoms. The van der Waals surface area contributed by atoms with Gasteiger partial charge in [-0.3, -0.25) is 0 Å². The van der Waals surface area contributed by atoms with Crippen LogP contribution in [0.3, 0.4) is 0 Å². The number of hydrogen-bond donors (Lipinski definition) is 2. The SMILES string of the molecule is CCc1cnc(C(C)NCc2ccc3c(c2)CCCN3)s1. The van der Waals surface area contributed by atoms with Gasteiger partial charge in [-0.05, 0) is 43.4 Å². The van der Waals surface area contributed by atoms with Gasteiger partial charge < -0.3 is 10.6 Å². The lowest BCUT2D eigenvalue weighted by Gasteiger charge is -2.19. The van der Waals surface area contributed by atoms with Crippen LogP contribution in [0.2, 0.25) is 0 Å². The van der Waals surface area contributed by atoms with Crippen LogP contribution in [0.1, 0.15) is 47.3 Å². The summed E-state index contributed by atoms with van der Waals surface area (Å²) in [4.78, 5) is 5.88. The summed E-state index contributed by atoms with van der Waals surface area (Å²) >= 11 is 1.82. The second-order valence-corrected chi connectivity index (χ2v) is 6.79. The van der Waals surface area contributed by atoms with E-state index < -0.39 is 0 Å². The summed E-state index contributed by atoms with van der Waals surface area (Å²) in [5.41, 5.74) is 4.12. The number of anilines is 1. The summed E-state index contributed by atoms with van der Waals surface area (Å²) in [6.45, 7) is 6.37. The van der Waals surface area contributed by atoms with Crippen molar-refractivity contribution in [1.82, 2.24) is 10.3 Å². The molecule has 2 N–H and O–H groups in total. The highest BCUT2D eigenvalue weighted by atomic mass is 32.1. The van der Waals surface area contributed by atoms with Crippen molar-refractivity contribution in [3.8, 4) is 0 Å². The van der Waals surface area contributed by atoms with E-state index in [0.29, 0.717) is 6.04 Å². The number of aryl methyl sites for hydroxylation is 2. The molecule has 0 aliphatic carbocycles. The largest absolute Gasteiger partial charge is 0.385 e. The maximum absolute atomic E-state index is 4.52. The normalized spacial score (nSPS) is 15.3. The molecule has 0 saturated carbocycles. The first-order valence-corrected chi connectivity index (χ1v) is 8.61. The first kappa shape index (κ1) is 14.5. The molecular weight excluding hydrogens is 278 g/mol. The van der Waals surface area contributed by atoms with E-state index in [-0.39, 0.29) is 0 Å². The molecule has 0 saturated heterocycles. The monoisotopic (exact) mass is 301 g/mol. The van der Waals surface area contributed by atoms with Crippen LogP contribution in [0.4, 0.5) is 5.69 Å². The van der Waals surface area contributed by atoms with Crippen molar-refractivity contribution in [3.63, 3.8) is 0 Å². The van der Waals surface area contributed by atoms with Gasteiger partial charge in [-0.25, -0.2) is 4.98 Å². The van der Waals surface area contributed by atoms with Gasteiger partial charge >= 0.3 is 0 Å². The molecule has 112 valence electrons. The minimum atomic E-state index is 0.310. The number of hydrogen-bond acceptors (Lipinski definition) is 4. The van der Waals surface area contributed by atoms with Gasteiger partial charge in [0.25, 0.3) is 0 Å². The summed E-state index contributed by atoms with van der Waals surface area (Å²) < 4.78 is 0. The zero-order valence-corrected chi connectivity index (χ0v) is 13.6. The van der Waals surface area contributed by atoms with Crippen molar-refractivity contribution in [2.75, 3.05) is 11.9 Å². The second kappa shape index (κ2) is 6.58. The van der Waals surface area contributed by atoms with E-state index in [2.05, 4.69) is 47.7 Å². The van der Waals surface area contributed by atoms with Crippen LogP contribution in [0.25, 0.3) is 0 Å². The molecular formula is C17H23N3S. The third-order valence-corrected chi connectivity index (χ3v) is 5.34. The van der Waals surface area contributed by atoms with Gasteiger partial charge in [0.05, 0.1) is 6.04 Å². The molecule has 3 nitrogen and oxygen atoms in total. The Kier molecular flexibility index (Phi) is 4.56. The van der Waals surface area contributed by atoms with Crippen LogP contribution in [0.15, 0.2) is 24.4 Å². The first-order chi connectivity index (χ1) is 10.3. The van der Waals surface area contributed by atoms with Crippen LogP contribution in [-0.4, -0.2) is 11.5 Å². The van der Waals surface area contributed by atoms with E-state index in [4.69, 9.17) is 0 Å². The van der Waals surface area contributed by atoms with E-state index in [9.17, 15) is 0 Å². The quantitative estimate of drug-likeness (QED) is 0.879.